The van der Waals surface area contributed by atoms with E-state index in [9.17, 15) is 4.79 Å². The van der Waals surface area contributed by atoms with Crippen molar-refractivity contribution in [2.24, 2.45) is 5.41 Å². The maximum atomic E-state index is 11.7. The molecule has 1 saturated carbocycles. The number of ether oxygens (including phenoxy) is 1. The van der Waals surface area contributed by atoms with Gasteiger partial charge in [-0.1, -0.05) is 0 Å². The molecule has 5 nitrogen and oxygen atoms in total. The molecule has 0 aromatic carbocycles. The smallest absolute Gasteiger partial charge is 0.244 e. The minimum Gasteiger partial charge on any atom is -0.481 e. The van der Waals surface area contributed by atoms with E-state index in [1.807, 2.05) is 6.07 Å². The van der Waals surface area contributed by atoms with E-state index in [1.54, 1.807) is 12.1 Å². The first-order chi connectivity index (χ1) is 7.70. The lowest BCUT2D eigenvalue weighted by Gasteiger charge is -2.07. The molecule has 0 unspecified atom stereocenters. The summed E-state index contributed by atoms with van der Waals surface area (Å²) in [7, 11) is 1.52. The number of nitrogens with zero attached hydrogens (tertiary/aromatic N) is 2. The second-order valence-corrected chi connectivity index (χ2v) is 3.74. The van der Waals surface area contributed by atoms with Gasteiger partial charge in [0.2, 0.25) is 11.8 Å². The van der Waals surface area contributed by atoms with Gasteiger partial charge in [0, 0.05) is 6.07 Å². The molecule has 2 rings (SSSR count). The van der Waals surface area contributed by atoms with Gasteiger partial charge in [0.25, 0.3) is 0 Å². The Morgan fingerprint density at radius 2 is 2.38 bits per heavy atom. The molecule has 1 fully saturated rings. The standard InChI is InChI=1S/C11H11N3O2/c1-16-9-3-2-8(6-13-9)14-10(15)11(7-12)4-5-11/h2-3,6H,4-5H2,1H3,(H,14,15). The van der Waals surface area contributed by atoms with E-state index in [2.05, 4.69) is 10.3 Å². The minimum absolute atomic E-state index is 0.248. The summed E-state index contributed by atoms with van der Waals surface area (Å²) in [5, 5.41) is 11.5. The van der Waals surface area contributed by atoms with Gasteiger partial charge >= 0.3 is 0 Å². The monoisotopic (exact) mass is 217 g/mol. The molecule has 82 valence electrons. The quantitative estimate of drug-likeness (QED) is 0.828. The molecule has 0 spiro atoms. The fraction of sp³-hybridized carbons (Fsp3) is 0.364. The summed E-state index contributed by atoms with van der Waals surface area (Å²) in [6.07, 6.45) is 2.78. The first-order valence-corrected chi connectivity index (χ1v) is 4.93. The summed E-state index contributed by atoms with van der Waals surface area (Å²) in [6.45, 7) is 0. The van der Waals surface area contributed by atoms with Crippen molar-refractivity contribution in [3.05, 3.63) is 18.3 Å². The van der Waals surface area contributed by atoms with E-state index >= 15 is 0 Å². The number of methoxy groups -OCH3 is 1. The number of rotatable bonds is 3. The summed E-state index contributed by atoms with van der Waals surface area (Å²) >= 11 is 0. The Balaban J connectivity index is 2.04. The topological polar surface area (TPSA) is 75.0 Å². The Hall–Kier alpha value is -2.09. The van der Waals surface area contributed by atoms with E-state index in [0.717, 1.165) is 0 Å². The lowest BCUT2D eigenvalue weighted by molar-refractivity contribution is -0.119. The first-order valence-electron chi connectivity index (χ1n) is 4.93. The number of pyridine rings is 1. The van der Waals surface area contributed by atoms with Crippen molar-refractivity contribution in [2.75, 3.05) is 12.4 Å². The van der Waals surface area contributed by atoms with Crippen molar-refractivity contribution < 1.29 is 9.53 Å². The van der Waals surface area contributed by atoms with Gasteiger partial charge in [0.15, 0.2) is 0 Å². The molecular formula is C11H11N3O2. The average Bonchev–Trinajstić information content (AvgIpc) is 3.11. The third-order valence-electron chi connectivity index (χ3n) is 2.60. The van der Waals surface area contributed by atoms with Crippen LogP contribution in [-0.4, -0.2) is 18.0 Å². The molecule has 5 heteroatoms. The molecular weight excluding hydrogens is 206 g/mol. The summed E-state index contributed by atoms with van der Waals surface area (Å²) in [6, 6.07) is 5.38. The van der Waals surface area contributed by atoms with Crippen LogP contribution in [-0.2, 0) is 4.79 Å². The number of hydrogen-bond acceptors (Lipinski definition) is 4. The Kier molecular flexibility index (Phi) is 2.49. The molecule has 1 aliphatic rings. The van der Waals surface area contributed by atoms with Crippen molar-refractivity contribution >= 4 is 11.6 Å². The second kappa shape index (κ2) is 3.81. The van der Waals surface area contributed by atoms with Gasteiger partial charge in [0.1, 0.15) is 5.41 Å². The highest BCUT2D eigenvalue weighted by atomic mass is 16.5. The zero-order chi connectivity index (χ0) is 11.6. The molecule has 0 radical (unpaired) electrons. The largest absolute Gasteiger partial charge is 0.481 e. The molecule has 16 heavy (non-hydrogen) atoms. The van der Waals surface area contributed by atoms with E-state index in [-0.39, 0.29) is 5.91 Å². The maximum absolute atomic E-state index is 11.7. The number of nitrogens with one attached hydrogen (secondary N) is 1. The SMILES string of the molecule is COc1ccc(NC(=O)C2(C#N)CC2)cn1. The molecule has 1 aromatic heterocycles. The Bertz CT molecular complexity index is 443. The fourth-order valence-electron chi connectivity index (χ4n) is 1.34. The molecule has 1 amide bonds. The molecule has 1 aliphatic carbocycles. The summed E-state index contributed by atoms with van der Waals surface area (Å²) < 4.78 is 4.90. The molecule has 1 heterocycles. The highest BCUT2D eigenvalue weighted by Gasteiger charge is 2.50. The van der Waals surface area contributed by atoms with Crippen LogP contribution in [0.5, 0.6) is 5.88 Å². The lowest BCUT2D eigenvalue weighted by Crippen LogP contribution is -2.22. The number of hydrogen-bond donors (Lipinski definition) is 1. The maximum Gasteiger partial charge on any atom is 0.244 e. The fourth-order valence-corrected chi connectivity index (χ4v) is 1.34. The summed E-state index contributed by atoms with van der Waals surface area (Å²) in [4.78, 5) is 15.6. The van der Waals surface area contributed by atoms with Crippen molar-refractivity contribution in [1.82, 2.24) is 4.98 Å². The molecule has 0 atom stereocenters. The zero-order valence-corrected chi connectivity index (χ0v) is 8.86. The van der Waals surface area contributed by atoms with E-state index in [4.69, 9.17) is 10.00 Å². The van der Waals surface area contributed by atoms with E-state index in [0.29, 0.717) is 24.4 Å². The van der Waals surface area contributed by atoms with Gasteiger partial charge in [-0.25, -0.2) is 4.98 Å². The van der Waals surface area contributed by atoms with Crippen LogP contribution in [0.15, 0.2) is 18.3 Å². The summed E-state index contributed by atoms with van der Waals surface area (Å²) in [5.41, 5.74) is -0.229. The minimum atomic E-state index is -0.806. The predicted octanol–water partition coefficient (Wildman–Crippen LogP) is 1.33. The Morgan fingerprint density at radius 3 is 2.81 bits per heavy atom. The van der Waals surface area contributed by atoms with Gasteiger partial charge < -0.3 is 10.1 Å². The van der Waals surface area contributed by atoms with Crippen molar-refractivity contribution in [2.45, 2.75) is 12.8 Å². The highest BCUT2D eigenvalue weighted by molar-refractivity contribution is 5.99. The Labute approximate surface area is 93.1 Å². The van der Waals surface area contributed by atoms with Crippen LogP contribution in [0.4, 0.5) is 5.69 Å². The molecule has 1 aromatic rings. The molecule has 0 saturated heterocycles. The average molecular weight is 217 g/mol. The van der Waals surface area contributed by atoms with E-state index < -0.39 is 5.41 Å². The molecule has 0 aliphatic heterocycles. The van der Waals surface area contributed by atoms with Gasteiger partial charge in [-0.15, -0.1) is 0 Å². The second-order valence-electron chi connectivity index (χ2n) is 3.74. The molecule has 1 N–H and O–H groups in total. The van der Waals surface area contributed by atoms with Crippen molar-refractivity contribution in [3.8, 4) is 11.9 Å². The number of anilines is 1. The van der Waals surface area contributed by atoms with Gasteiger partial charge in [-0.2, -0.15) is 5.26 Å². The van der Waals surface area contributed by atoms with Crippen LogP contribution in [0.2, 0.25) is 0 Å². The number of amides is 1. The number of nitriles is 1. The Morgan fingerprint density at radius 1 is 1.62 bits per heavy atom. The number of aromatic nitrogens is 1. The van der Waals surface area contributed by atoms with Gasteiger partial charge in [0.05, 0.1) is 25.1 Å². The van der Waals surface area contributed by atoms with Crippen LogP contribution in [0.1, 0.15) is 12.8 Å². The number of carbonyl (C=O) groups excluding carboxylic acids is 1. The van der Waals surface area contributed by atoms with Crippen LogP contribution in [0.25, 0.3) is 0 Å². The summed E-state index contributed by atoms with van der Waals surface area (Å²) in [5.74, 6) is 0.237. The van der Waals surface area contributed by atoms with Crippen LogP contribution in [0, 0.1) is 16.7 Å². The van der Waals surface area contributed by atoms with Crippen LogP contribution >= 0.6 is 0 Å². The van der Waals surface area contributed by atoms with Crippen LogP contribution in [0.3, 0.4) is 0 Å². The van der Waals surface area contributed by atoms with Crippen molar-refractivity contribution in [1.29, 1.82) is 5.26 Å². The normalized spacial score (nSPS) is 16.0. The lowest BCUT2D eigenvalue weighted by atomic mass is 10.1. The third kappa shape index (κ3) is 1.82. The molecule has 0 bridgehead atoms. The highest BCUT2D eigenvalue weighted by Crippen LogP contribution is 2.45. The predicted molar refractivity (Wildman–Crippen MR) is 56.7 cm³/mol. The zero-order valence-electron chi connectivity index (χ0n) is 8.86. The van der Waals surface area contributed by atoms with Gasteiger partial charge in [-0.05, 0) is 18.9 Å². The van der Waals surface area contributed by atoms with E-state index in [1.165, 1.54) is 13.3 Å². The van der Waals surface area contributed by atoms with Gasteiger partial charge in [-0.3, -0.25) is 4.79 Å². The van der Waals surface area contributed by atoms with Crippen molar-refractivity contribution in [3.63, 3.8) is 0 Å². The third-order valence-corrected chi connectivity index (χ3v) is 2.60. The van der Waals surface area contributed by atoms with Crippen LogP contribution < -0.4 is 10.1 Å². The first kappa shape index (κ1) is 10.4. The number of carbonyl (C=O) groups is 1.